The molecule has 0 atom stereocenters. The molecule has 3 aromatic rings. The second kappa shape index (κ2) is 4.80. The summed E-state index contributed by atoms with van der Waals surface area (Å²) in [5.74, 6) is -0.351. The molecular formula is C14H14N4O2. The predicted molar refractivity (Wildman–Crippen MR) is 73.4 cm³/mol. The molecule has 0 fully saturated rings. The first-order valence-corrected chi connectivity index (χ1v) is 6.33. The van der Waals surface area contributed by atoms with Gasteiger partial charge in [-0.2, -0.15) is 10.2 Å². The van der Waals surface area contributed by atoms with Crippen molar-refractivity contribution in [3.05, 3.63) is 42.4 Å². The van der Waals surface area contributed by atoms with Crippen molar-refractivity contribution in [2.24, 2.45) is 7.05 Å². The summed E-state index contributed by atoms with van der Waals surface area (Å²) in [7, 11) is 1.88. The summed E-state index contributed by atoms with van der Waals surface area (Å²) in [6.45, 7) is 2.13. The van der Waals surface area contributed by atoms with Gasteiger partial charge in [-0.1, -0.05) is 0 Å². The normalized spacial score (nSPS) is 10.9. The molecule has 3 aromatic heterocycles. The third kappa shape index (κ3) is 1.95. The zero-order chi connectivity index (χ0) is 14.1. The Kier molecular flexibility index (Phi) is 2.98. The van der Waals surface area contributed by atoms with E-state index >= 15 is 0 Å². The highest BCUT2D eigenvalue weighted by molar-refractivity contribution is 5.96. The van der Waals surface area contributed by atoms with Crippen LogP contribution in [-0.2, 0) is 11.8 Å². The highest BCUT2D eigenvalue weighted by atomic mass is 16.5. The molecular weight excluding hydrogens is 256 g/mol. The third-order valence-corrected chi connectivity index (χ3v) is 3.13. The summed E-state index contributed by atoms with van der Waals surface area (Å²) in [6.07, 6.45) is 5.14. The van der Waals surface area contributed by atoms with Crippen LogP contribution in [0.1, 0.15) is 17.3 Å². The molecule has 6 nitrogen and oxygen atoms in total. The molecule has 0 amide bonds. The van der Waals surface area contributed by atoms with Crippen LogP contribution in [0.15, 0.2) is 36.8 Å². The molecule has 0 bridgehead atoms. The first-order valence-electron chi connectivity index (χ1n) is 6.33. The quantitative estimate of drug-likeness (QED) is 0.682. The van der Waals surface area contributed by atoms with Gasteiger partial charge in [0.2, 0.25) is 0 Å². The van der Waals surface area contributed by atoms with E-state index < -0.39 is 0 Å². The summed E-state index contributed by atoms with van der Waals surface area (Å²) in [5.41, 5.74) is 3.17. The lowest BCUT2D eigenvalue weighted by molar-refractivity contribution is 0.0528. The minimum atomic E-state index is -0.351. The molecule has 20 heavy (non-hydrogen) atoms. The van der Waals surface area contributed by atoms with Crippen molar-refractivity contribution in [3.63, 3.8) is 0 Å². The lowest BCUT2D eigenvalue weighted by Crippen LogP contribution is -2.04. The van der Waals surface area contributed by atoms with Gasteiger partial charge in [-0.15, -0.1) is 0 Å². The van der Waals surface area contributed by atoms with Crippen molar-refractivity contribution in [2.75, 3.05) is 6.61 Å². The lowest BCUT2D eigenvalue weighted by atomic mass is 10.2. The fourth-order valence-electron chi connectivity index (χ4n) is 2.16. The fraction of sp³-hybridized carbons (Fsp3) is 0.214. The highest BCUT2D eigenvalue weighted by Gasteiger charge is 2.14. The average molecular weight is 270 g/mol. The maximum absolute atomic E-state index is 11.8. The number of aromatic nitrogens is 4. The van der Waals surface area contributed by atoms with Crippen molar-refractivity contribution >= 4 is 11.5 Å². The van der Waals surface area contributed by atoms with Crippen LogP contribution in [0.5, 0.6) is 0 Å². The number of hydrogen-bond acceptors (Lipinski definition) is 4. The maximum atomic E-state index is 11.8. The molecule has 0 saturated heterocycles. The molecule has 0 spiro atoms. The number of aryl methyl sites for hydroxylation is 1. The molecule has 0 aliphatic heterocycles. The minimum Gasteiger partial charge on any atom is -0.462 e. The van der Waals surface area contributed by atoms with Gasteiger partial charge in [-0.05, 0) is 25.1 Å². The van der Waals surface area contributed by atoms with Crippen LogP contribution >= 0.6 is 0 Å². The van der Waals surface area contributed by atoms with Crippen LogP contribution in [-0.4, -0.2) is 32.0 Å². The summed E-state index contributed by atoms with van der Waals surface area (Å²) in [5, 5.41) is 8.35. The van der Waals surface area contributed by atoms with Gasteiger partial charge in [0.15, 0.2) is 0 Å². The van der Waals surface area contributed by atoms with Crippen molar-refractivity contribution in [1.82, 2.24) is 19.4 Å². The molecule has 0 aliphatic carbocycles. The number of rotatable bonds is 3. The SMILES string of the molecule is CCOC(=O)c1cnn2cc(-c3ccnn3C)ccc12. The fourth-order valence-corrected chi connectivity index (χ4v) is 2.16. The number of fused-ring (bicyclic) bond motifs is 1. The van der Waals surface area contributed by atoms with E-state index in [-0.39, 0.29) is 5.97 Å². The Bertz CT molecular complexity index is 772. The van der Waals surface area contributed by atoms with E-state index in [1.165, 1.54) is 6.20 Å². The molecule has 6 heteroatoms. The number of esters is 1. The molecule has 0 saturated carbocycles. The molecule has 0 radical (unpaired) electrons. The van der Waals surface area contributed by atoms with Crippen LogP contribution in [0.4, 0.5) is 0 Å². The van der Waals surface area contributed by atoms with Gasteiger partial charge in [0.1, 0.15) is 5.56 Å². The molecule has 0 aromatic carbocycles. The number of carbonyl (C=O) groups excluding carboxylic acids is 1. The first-order chi connectivity index (χ1) is 9.70. The largest absolute Gasteiger partial charge is 0.462 e. The lowest BCUT2D eigenvalue weighted by Gasteiger charge is -2.04. The molecule has 0 unspecified atom stereocenters. The van der Waals surface area contributed by atoms with E-state index in [4.69, 9.17) is 4.74 Å². The molecule has 3 heterocycles. The molecule has 0 aliphatic rings. The van der Waals surface area contributed by atoms with Gasteiger partial charge in [-0.25, -0.2) is 9.31 Å². The Hall–Kier alpha value is -2.63. The van der Waals surface area contributed by atoms with E-state index in [1.807, 2.05) is 31.4 Å². The number of ether oxygens (including phenoxy) is 1. The maximum Gasteiger partial charge on any atom is 0.341 e. The highest BCUT2D eigenvalue weighted by Crippen LogP contribution is 2.20. The van der Waals surface area contributed by atoms with E-state index in [1.54, 1.807) is 22.3 Å². The van der Waals surface area contributed by atoms with Crippen molar-refractivity contribution in [3.8, 4) is 11.3 Å². The Labute approximate surface area is 115 Å². The first kappa shape index (κ1) is 12.4. The zero-order valence-electron chi connectivity index (χ0n) is 11.3. The predicted octanol–water partition coefficient (Wildman–Crippen LogP) is 1.91. The number of nitrogens with zero attached hydrogens (tertiary/aromatic N) is 4. The summed E-state index contributed by atoms with van der Waals surface area (Å²) < 4.78 is 8.47. The van der Waals surface area contributed by atoms with Crippen LogP contribution in [0, 0.1) is 0 Å². The van der Waals surface area contributed by atoms with Crippen LogP contribution in [0.2, 0.25) is 0 Å². The van der Waals surface area contributed by atoms with Gasteiger partial charge in [0.25, 0.3) is 0 Å². The standard InChI is InChI=1S/C14H14N4O2/c1-3-20-14(19)11-8-16-18-9-10(4-5-13(11)18)12-6-7-15-17(12)2/h4-9H,3H2,1-2H3. The van der Waals surface area contributed by atoms with E-state index in [0.717, 1.165) is 16.8 Å². The van der Waals surface area contributed by atoms with Crippen LogP contribution < -0.4 is 0 Å². The monoisotopic (exact) mass is 270 g/mol. The van der Waals surface area contributed by atoms with Crippen molar-refractivity contribution in [2.45, 2.75) is 6.92 Å². The third-order valence-electron chi connectivity index (χ3n) is 3.13. The van der Waals surface area contributed by atoms with Crippen molar-refractivity contribution in [1.29, 1.82) is 0 Å². The average Bonchev–Trinajstić information content (AvgIpc) is 3.04. The van der Waals surface area contributed by atoms with Gasteiger partial charge in [0.05, 0.1) is 24.0 Å². The second-order valence-corrected chi connectivity index (χ2v) is 4.37. The second-order valence-electron chi connectivity index (χ2n) is 4.37. The van der Waals surface area contributed by atoms with Crippen LogP contribution in [0.25, 0.3) is 16.8 Å². The molecule has 3 rings (SSSR count). The number of carbonyl (C=O) groups is 1. The van der Waals surface area contributed by atoms with Gasteiger partial charge < -0.3 is 4.74 Å². The Morgan fingerprint density at radius 2 is 2.15 bits per heavy atom. The minimum absolute atomic E-state index is 0.350. The van der Waals surface area contributed by atoms with E-state index in [0.29, 0.717) is 12.2 Å². The Morgan fingerprint density at radius 1 is 1.30 bits per heavy atom. The molecule has 102 valence electrons. The van der Waals surface area contributed by atoms with Crippen molar-refractivity contribution < 1.29 is 9.53 Å². The Morgan fingerprint density at radius 3 is 2.85 bits per heavy atom. The van der Waals surface area contributed by atoms with E-state index in [9.17, 15) is 4.79 Å². The van der Waals surface area contributed by atoms with Gasteiger partial charge >= 0.3 is 5.97 Å². The number of pyridine rings is 1. The topological polar surface area (TPSA) is 61.4 Å². The Balaban J connectivity index is 2.06. The molecule has 0 N–H and O–H groups in total. The van der Waals surface area contributed by atoms with Gasteiger partial charge in [0, 0.05) is 25.0 Å². The smallest absolute Gasteiger partial charge is 0.341 e. The van der Waals surface area contributed by atoms with E-state index in [2.05, 4.69) is 10.2 Å². The van der Waals surface area contributed by atoms with Gasteiger partial charge in [-0.3, -0.25) is 4.68 Å². The zero-order valence-corrected chi connectivity index (χ0v) is 11.3. The summed E-state index contributed by atoms with van der Waals surface area (Å²) in [4.78, 5) is 11.8. The summed E-state index contributed by atoms with van der Waals surface area (Å²) in [6, 6.07) is 5.73. The summed E-state index contributed by atoms with van der Waals surface area (Å²) >= 11 is 0. The number of hydrogen-bond donors (Lipinski definition) is 0. The van der Waals surface area contributed by atoms with Crippen LogP contribution in [0.3, 0.4) is 0 Å².